The van der Waals surface area contributed by atoms with Gasteiger partial charge < -0.3 is 0 Å². The van der Waals surface area contributed by atoms with Crippen LogP contribution in [0.1, 0.15) is 44.0 Å². The number of hydrogen-bond donors (Lipinski definition) is 0. The molecule has 1 aromatic rings. The molecule has 1 saturated heterocycles. The van der Waals surface area contributed by atoms with Gasteiger partial charge in [-0.05, 0) is 48.7 Å². The van der Waals surface area contributed by atoms with E-state index in [0.717, 1.165) is 18.3 Å². The Morgan fingerprint density at radius 2 is 2.18 bits per heavy atom. The normalized spacial score (nSPS) is 22.0. The molecule has 0 N–H and O–H groups in total. The molecule has 2 heterocycles. The van der Waals surface area contributed by atoms with Gasteiger partial charge in [-0.15, -0.1) is 0 Å². The second-order valence-electron chi connectivity index (χ2n) is 5.00. The molecule has 0 bridgehead atoms. The van der Waals surface area contributed by atoms with Crippen LogP contribution in [0.5, 0.6) is 0 Å². The number of aromatic nitrogens is 2. The summed E-state index contributed by atoms with van der Waals surface area (Å²) in [6, 6.07) is 0.755. The third-order valence-corrected chi connectivity index (χ3v) is 4.87. The lowest BCUT2D eigenvalue weighted by molar-refractivity contribution is 0.132. The molecule has 1 aliphatic heterocycles. The van der Waals surface area contributed by atoms with Crippen molar-refractivity contribution in [1.82, 2.24) is 14.7 Å². The average molecular weight is 300 g/mol. The minimum atomic E-state index is 0.755. The lowest BCUT2D eigenvalue weighted by Gasteiger charge is -2.35. The molecule has 1 unspecified atom stereocenters. The monoisotopic (exact) mass is 299 g/mol. The molecule has 96 valence electrons. The number of hydrogen-bond acceptors (Lipinski definition) is 2. The zero-order valence-electron chi connectivity index (χ0n) is 11.0. The molecule has 1 aliphatic rings. The first-order valence-corrected chi connectivity index (χ1v) is 7.34. The molecule has 17 heavy (non-hydrogen) atoms. The van der Waals surface area contributed by atoms with E-state index in [1.807, 2.05) is 11.7 Å². The predicted octanol–water partition coefficient (Wildman–Crippen LogP) is 3.26. The Labute approximate surface area is 112 Å². The molecule has 2 rings (SSSR count). The molecule has 0 aliphatic carbocycles. The van der Waals surface area contributed by atoms with Crippen molar-refractivity contribution in [1.29, 1.82) is 0 Å². The van der Waals surface area contributed by atoms with Crippen molar-refractivity contribution in [3.8, 4) is 0 Å². The molecule has 0 saturated carbocycles. The van der Waals surface area contributed by atoms with Gasteiger partial charge in [0.2, 0.25) is 0 Å². The first-order chi connectivity index (χ1) is 8.13. The SMILES string of the molecule is CCC1CCCCN1Cc1c(Br)c(C)nn1C. The molecule has 1 aromatic heterocycles. The van der Waals surface area contributed by atoms with Gasteiger partial charge in [0.25, 0.3) is 0 Å². The van der Waals surface area contributed by atoms with Gasteiger partial charge in [-0.25, -0.2) is 0 Å². The highest BCUT2D eigenvalue weighted by Crippen LogP contribution is 2.26. The fraction of sp³-hybridized carbons (Fsp3) is 0.769. The highest BCUT2D eigenvalue weighted by molar-refractivity contribution is 9.10. The minimum absolute atomic E-state index is 0.755. The van der Waals surface area contributed by atoms with Gasteiger partial charge in [0.05, 0.1) is 15.9 Å². The number of nitrogens with zero attached hydrogens (tertiary/aromatic N) is 3. The summed E-state index contributed by atoms with van der Waals surface area (Å²) in [6.45, 7) is 6.61. The maximum atomic E-state index is 4.47. The van der Waals surface area contributed by atoms with Crippen molar-refractivity contribution < 1.29 is 0 Å². The standard InChI is InChI=1S/C13H22BrN3/c1-4-11-7-5-6-8-17(11)9-12-13(14)10(2)15-16(12)3/h11H,4-9H2,1-3H3. The molecule has 3 nitrogen and oxygen atoms in total. The van der Waals surface area contributed by atoms with Crippen LogP contribution < -0.4 is 0 Å². The van der Waals surface area contributed by atoms with Crippen LogP contribution in [0.15, 0.2) is 4.47 Å². The fourth-order valence-electron chi connectivity index (χ4n) is 2.77. The summed E-state index contributed by atoms with van der Waals surface area (Å²) >= 11 is 3.66. The van der Waals surface area contributed by atoms with E-state index in [1.54, 1.807) is 0 Å². The van der Waals surface area contributed by atoms with Crippen molar-refractivity contribution in [2.75, 3.05) is 6.54 Å². The summed E-state index contributed by atoms with van der Waals surface area (Å²) in [5.41, 5.74) is 2.40. The lowest BCUT2D eigenvalue weighted by Crippen LogP contribution is -2.38. The summed E-state index contributed by atoms with van der Waals surface area (Å²) in [5, 5.41) is 4.47. The van der Waals surface area contributed by atoms with Crippen LogP contribution in [0.3, 0.4) is 0 Å². The third-order valence-electron chi connectivity index (χ3n) is 3.83. The van der Waals surface area contributed by atoms with E-state index in [-0.39, 0.29) is 0 Å². The van der Waals surface area contributed by atoms with Crippen molar-refractivity contribution >= 4 is 15.9 Å². The third kappa shape index (κ3) is 2.74. The van der Waals surface area contributed by atoms with Gasteiger partial charge in [-0.3, -0.25) is 9.58 Å². The van der Waals surface area contributed by atoms with E-state index in [2.05, 4.69) is 39.8 Å². The Morgan fingerprint density at radius 1 is 1.41 bits per heavy atom. The Kier molecular flexibility index (Phi) is 4.26. The van der Waals surface area contributed by atoms with E-state index in [4.69, 9.17) is 0 Å². The van der Waals surface area contributed by atoms with Gasteiger partial charge in [-0.2, -0.15) is 5.10 Å². The molecule has 0 radical (unpaired) electrons. The molecular formula is C13H22BrN3. The molecule has 1 fully saturated rings. The summed E-state index contributed by atoms with van der Waals surface area (Å²) in [5.74, 6) is 0. The Balaban J connectivity index is 2.13. The smallest absolute Gasteiger partial charge is 0.0739 e. The molecule has 0 amide bonds. The van der Waals surface area contributed by atoms with E-state index in [0.29, 0.717) is 0 Å². The van der Waals surface area contributed by atoms with Gasteiger partial charge in [0.1, 0.15) is 0 Å². The van der Waals surface area contributed by atoms with Crippen molar-refractivity contribution in [2.45, 2.75) is 52.1 Å². The van der Waals surface area contributed by atoms with Gasteiger partial charge in [0, 0.05) is 19.6 Å². The predicted molar refractivity (Wildman–Crippen MR) is 74.0 cm³/mol. The maximum absolute atomic E-state index is 4.47. The molecule has 0 aromatic carbocycles. The lowest BCUT2D eigenvalue weighted by atomic mass is 10.00. The largest absolute Gasteiger partial charge is 0.295 e. The number of halogens is 1. The Morgan fingerprint density at radius 3 is 2.76 bits per heavy atom. The molecule has 0 spiro atoms. The van der Waals surface area contributed by atoms with E-state index < -0.39 is 0 Å². The molecule has 1 atom stereocenters. The van der Waals surface area contributed by atoms with Crippen LogP contribution in [0.2, 0.25) is 0 Å². The quantitative estimate of drug-likeness (QED) is 0.854. The van der Waals surface area contributed by atoms with Crippen LogP contribution in [0.4, 0.5) is 0 Å². The number of aryl methyl sites for hydroxylation is 2. The van der Waals surface area contributed by atoms with Crippen LogP contribution in [-0.2, 0) is 13.6 Å². The van der Waals surface area contributed by atoms with Crippen molar-refractivity contribution in [3.63, 3.8) is 0 Å². The van der Waals surface area contributed by atoms with Crippen LogP contribution in [0.25, 0.3) is 0 Å². The highest BCUT2D eigenvalue weighted by Gasteiger charge is 2.23. The zero-order valence-corrected chi connectivity index (χ0v) is 12.6. The average Bonchev–Trinajstić information content (AvgIpc) is 2.57. The molecule has 4 heteroatoms. The van der Waals surface area contributed by atoms with E-state index >= 15 is 0 Å². The summed E-state index contributed by atoms with van der Waals surface area (Å²) < 4.78 is 3.20. The van der Waals surface area contributed by atoms with E-state index in [1.165, 1.54) is 42.4 Å². The minimum Gasteiger partial charge on any atom is -0.295 e. The first-order valence-electron chi connectivity index (χ1n) is 6.55. The van der Waals surface area contributed by atoms with Gasteiger partial charge in [0.15, 0.2) is 0 Å². The number of likely N-dealkylation sites (tertiary alicyclic amines) is 1. The summed E-state index contributed by atoms with van der Waals surface area (Å²) in [4.78, 5) is 2.62. The summed E-state index contributed by atoms with van der Waals surface area (Å²) in [7, 11) is 2.04. The second-order valence-corrected chi connectivity index (χ2v) is 5.79. The topological polar surface area (TPSA) is 21.1 Å². The maximum Gasteiger partial charge on any atom is 0.0739 e. The highest BCUT2D eigenvalue weighted by atomic mass is 79.9. The van der Waals surface area contributed by atoms with Crippen molar-refractivity contribution in [2.24, 2.45) is 7.05 Å². The van der Waals surface area contributed by atoms with Crippen molar-refractivity contribution in [3.05, 3.63) is 15.9 Å². The number of rotatable bonds is 3. The first kappa shape index (κ1) is 13.1. The zero-order chi connectivity index (χ0) is 12.4. The second kappa shape index (κ2) is 5.53. The fourth-order valence-corrected chi connectivity index (χ4v) is 3.24. The Bertz CT molecular complexity index is 386. The van der Waals surface area contributed by atoms with Crippen LogP contribution >= 0.6 is 15.9 Å². The molecular weight excluding hydrogens is 278 g/mol. The van der Waals surface area contributed by atoms with Gasteiger partial charge >= 0.3 is 0 Å². The summed E-state index contributed by atoms with van der Waals surface area (Å²) in [6.07, 6.45) is 5.34. The number of piperidine rings is 1. The van der Waals surface area contributed by atoms with E-state index in [9.17, 15) is 0 Å². The van der Waals surface area contributed by atoms with Crippen LogP contribution in [-0.4, -0.2) is 27.3 Å². The Hall–Kier alpha value is -0.350. The van der Waals surface area contributed by atoms with Gasteiger partial charge in [-0.1, -0.05) is 13.3 Å². The van der Waals surface area contributed by atoms with Crippen LogP contribution in [0, 0.1) is 6.92 Å².